The summed E-state index contributed by atoms with van der Waals surface area (Å²) in [5.74, 6) is -0.819. The first-order valence-electron chi connectivity index (χ1n) is 23.9. The topological polar surface area (TPSA) is 108 Å². The molecule has 59 heavy (non-hydrogen) atoms. The molecule has 1 N–H and O–H groups in total. The van der Waals surface area contributed by atoms with Crippen LogP contribution in [0.1, 0.15) is 200 Å². The van der Waals surface area contributed by atoms with Crippen molar-refractivity contribution in [3.63, 3.8) is 0 Å². The summed E-state index contributed by atoms with van der Waals surface area (Å²) in [5, 5.41) is 0. The lowest BCUT2D eigenvalue weighted by Gasteiger charge is -2.24. The van der Waals surface area contributed by atoms with Crippen LogP contribution in [-0.2, 0) is 32.7 Å². The lowest BCUT2D eigenvalue weighted by atomic mass is 10.1. The second-order valence-corrected chi connectivity index (χ2v) is 18.6. The maximum absolute atomic E-state index is 12.7. The first kappa shape index (κ1) is 57.0. The number of likely N-dealkylation sites (N-methyl/N-ethyl adjacent to an activating group) is 1. The Kier molecular flexibility index (Phi) is 39.9. The number of quaternary nitrogens is 1. The molecule has 0 aromatic heterocycles. The summed E-state index contributed by atoms with van der Waals surface area (Å²) in [7, 11) is 1.46. The number of rotatable bonds is 43. The molecule has 0 aliphatic carbocycles. The Balaban J connectivity index is 4.31. The van der Waals surface area contributed by atoms with Gasteiger partial charge < -0.3 is 18.9 Å². The van der Waals surface area contributed by atoms with Crippen LogP contribution >= 0.6 is 7.82 Å². The smallest absolute Gasteiger partial charge is 0.462 e. The van der Waals surface area contributed by atoms with E-state index in [1.807, 2.05) is 21.1 Å². The number of esters is 2. The number of hydrogen-bond acceptors (Lipinski definition) is 7. The second kappa shape index (κ2) is 41.3. The van der Waals surface area contributed by atoms with Crippen molar-refractivity contribution >= 4 is 19.8 Å². The van der Waals surface area contributed by atoms with Crippen LogP contribution in [0, 0.1) is 0 Å². The summed E-state index contributed by atoms with van der Waals surface area (Å²) in [6, 6.07) is 0. The number of hydrogen-bond donors (Lipinski definition) is 1. The zero-order chi connectivity index (χ0) is 43.6. The molecule has 0 amide bonds. The van der Waals surface area contributed by atoms with Gasteiger partial charge in [0.2, 0.25) is 0 Å². The molecule has 0 aromatic rings. The van der Waals surface area contributed by atoms with Crippen LogP contribution in [0.25, 0.3) is 0 Å². The Bertz CT molecular complexity index is 1150. The summed E-state index contributed by atoms with van der Waals surface area (Å²) in [6.45, 7) is 4.36. The minimum absolute atomic E-state index is 0.0272. The van der Waals surface area contributed by atoms with Gasteiger partial charge in [0.15, 0.2) is 6.10 Å². The highest BCUT2D eigenvalue weighted by Gasteiger charge is 2.27. The van der Waals surface area contributed by atoms with Crippen molar-refractivity contribution in [3.8, 4) is 0 Å². The highest BCUT2D eigenvalue weighted by molar-refractivity contribution is 7.47. The number of ether oxygens (including phenoxy) is 2. The van der Waals surface area contributed by atoms with Crippen LogP contribution in [-0.4, -0.2) is 74.9 Å². The first-order valence-corrected chi connectivity index (χ1v) is 25.4. The molecule has 0 heterocycles. The fraction of sp³-hybridized carbons (Fsp3) is 0.796. The minimum Gasteiger partial charge on any atom is -0.462 e. The van der Waals surface area contributed by atoms with Gasteiger partial charge in [-0.3, -0.25) is 18.6 Å². The predicted octanol–water partition coefficient (Wildman–Crippen LogP) is 13.9. The number of carbonyl (C=O) groups excluding carboxylic acids is 2. The predicted molar refractivity (Wildman–Crippen MR) is 247 cm³/mol. The molecule has 0 fully saturated rings. The molecular weight excluding hydrogens is 762 g/mol. The van der Waals surface area contributed by atoms with Crippen molar-refractivity contribution in [3.05, 3.63) is 48.6 Å². The van der Waals surface area contributed by atoms with Gasteiger partial charge in [-0.1, -0.05) is 165 Å². The van der Waals surface area contributed by atoms with Crippen LogP contribution in [0.2, 0.25) is 0 Å². The number of unbranched alkanes of at least 4 members (excludes halogenated alkanes) is 21. The molecule has 344 valence electrons. The van der Waals surface area contributed by atoms with Gasteiger partial charge in [-0.05, 0) is 70.6 Å². The van der Waals surface area contributed by atoms with E-state index in [2.05, 4.69) is 62.5 Å². The van der Waals surface area contributed by atoms with Crippen molar-refractivity contribution in [2.45, 2.75) is 206 Å². The maximum atomic E-state index is 12.7. The largest absolute Gasteiger partial charge is 0.472 e. The van der Waals surface area contributed by atoms with Crippen molar-refractivity contribution < 1.29 is 42.1 Å². The van der Waals surface area contributed by atoms with E-state index in [4.69, 9.17) is 18.5 Å². The quantitative estimate of drug-likeness (QED) is 0.0212. The minimum atomic E-state index is -4.38. The van der Waals surface area contributed by atoms with Crippen molar-refractivity contribution in [2.75, 3.05) is 47.5 Å². The van der Waals surface area contributed by atoms with Crippen LogP contribution in [0.15, 0.2) is 48.6 Å². The average Bonchev–Trinajstić information content (AvgIpc) is 3.19. The fourth-order valence-corrected chi connectivity index (χ4v) is 7.04. The number of phosphoric acid groups is 1. The monoisotopic (exact) mass is 853 g/mol. The normalized spacial score (nSPS) is 13.9. The van der Waals surface area contributed by atoms with E-state index in [1.54, 1.807) is 0 Å². The van der Waals surface area contributed by atoms with Gasteiger partial charge >= 0.3 is 19.8 Å². The van der Waals surface area contributed by atoms with Gasteiger partial charge in [0, 0.05) is 12.8 Å². The third-order valence-electron chi connectivity index (χ3n) is 10.1. The molecule has 0 aliphatic heterocycles. The molecule has 0 saturated carbocycles. The molecule has 0 spiro atoms. The maximum Gasteiger partial charge on any atom is 0.472 e. The SMILES string of the molecule is CCCC/C=C\C/C=C\CCCCCCCC(=O)OCC(COP(=O)(O)OCC[N+](C)(C)C)OC(=O)CCCCCCCCCCC/C=C\C/C=C\CCCCCCC. The summed E-state index contributed by atoms with van der Waals surface area (Å²) < 4.78 is 34.4. The number of carbonyl (C=O) groups is 2. The first-order chi connectivity index (χ1) is 28.5. The van der Waals surface area contributed by atoms with Crippen LogP contribution in [0.5, 0.6) is 0 Å². The third kappa shape index (κ3) is 45.3. The Labute approximate surface area is 363 Å². The summed E-state index contributed by atoms with van der Waals surface area (Å²) >= 11 is 0. The number of nitrogens with zero attached hydrogens (tertiary/aromatic N) is 1. The summed E-state index contributed by atoms with van der Waals surface area (Å²) in [5.41, 5.74) is 0. The Morgan fingerprint density at radius 1 is 0.525 bits per heavy atom. The van der Waals surface area contributed by atoms with Gasteiger partial charge in [0.05, 0.1) is 27.7 Å². The van der Waals surface area contributed by atoms with E-state index in [0.717, 1.165) is 83.5 Å². The molecule has 2 unspecified atom stereocenters. The zero-order valence-electron chi connectivity index (χ0n) is 38.7. The van der Waals surface area contributed by atoms with Crippen molar-refractivity contribution in [2.24, 2.45) is 0 Å². The van der Waals surface area contributed by atoms with E-state index in [-0.39, 0.29) is 32.0 Å². The van der Waals surface area contributed by atoms with Gasteiger partial charge in [-0.15, -0.1) is 0 Å². The van der Waals surface area contributed by atoms with Crippen molar-refractivity contribution in [1.82, 2.24) is 0 Å². The van der Waals surface area contributed by atoms with Gasteiger partial charge in [0.1, 0.15) is 19.8 Å². The van der Waals surface area contributed by atoms with E-state index >= 15 is 0 Å². The lowest BCUT2D eigenvalue weighted by molar-refractivity contribution is -0.870. The van der Waals surface area contributed by atoms with E-state index < -0.39 is 26.5 Å². The highest BCUT2D eigenvalue weighted by atomic mass is 31.2. The molecule has 0 radical (unpaired) electrons. The average molecular weight is 853 g/mol. The molecular formula is C49H91NO8P+. The molecule has 9 nitrogen and oxygen atoms in total. The van der Waals surface area contributed by atoms with Gasteiger partial charge in [-0.25, -0.2) is 4.57 Å². The van der Waals surface area contributed by atoms with Crippen LogP contribution < -0.4 is 0 Å². The van der Waals surface area contributed by atoms with Gasteiger partial charge in [-0.2, -0.15) is 0 Å². The molecule has 2 atom stereocenters. The van der Waals surface area contributed by atoms with Crippen LogP contribution in [0.3, 0.4) is 0 Å². The van der Waals surface area contributed by atoms with E-state index in [1.165, 1.54) is 83.5 Å². The molecule has 0 aromatic carbocycles. The molecule has 0 bridgehead atoms. The molecule has 0 aliphatic rings. The lowest BCUT2D eigenvalue weighted by Crippen LogP contribution is -2.37. The van der Waals surface area contributed by atoms with E-state index in [9.17, 15) is 19.0 Å². The molecule has 0 rings (SSSR count). The standard InChI is InChI=1S/C49H90NO8P/c1-6-8-10-12-14-16-18-20-22-23-24-25-26-27-28-30-32-34-36-38-40-42-49(52)58-47(46-57-59(53,54)56-44-43-50(3,4)5)45-55-48(51)41-39-37-35-33-31-29-21-19-17-15-13-11-9-7-2/h13,15,18-21,23-24,47H,6-12,14,16-17,22,25-46H2,1-5H3/p+1/b15-13-,20-18-,21-19-,24-23-. The molecule has 10 heteroatoms. The fourth-order valence-electron chi connectivity index (χ4n) is 6.30. The highest BCUT2D eigenvalue weighted by Crippen LogP contribution is 2.43. The summed E-state index contributed by atoms with van der Waals surface area (Å²) in [6.07, 6.45) is 48.7. The number of phosphoric ester groups is 1. The Morgan fingerprint density at radius 3 is 1.39 bits per heavy atom. The van der Waals surface area contributed by atoms with Crippen molar-refractivity contribution in [1.29, 1.82) is 0 Å². The zero-order valence-corrected chi connectivity index (χ0v) is 39.6. The summed E-state index contributed by atoms with van der Waals surface area (Å²) in [4.78, 5) is 35.4. The van der Waals surface area contributed by atoms with Gasteiger partial charge in [0.25, 0.3) is 0 Å². The van der Waals surface area contributed by atoms with E-state index in [0.29, 0.717) is 17.4 Å². The number of allylic oxidation sites excluding steroid dienone is 8. The Morgan fingerprint density at radius 2 is 0.932 bits per heavy atom. The van der Waals surface area contributed by atoms with Crippen LogP contribution in [0.4, 0.5) is 0 Å². The molecule has 0 saturated heterocycles. The Hall–Kier alpha value is -2.03. The second-order valence-electron chi connectivity index (χ2n) is 17.1. The third-order valence-corrected chi connectivity index (χ3v) is 11.1.